The van der Waals surface area contributed by atoms with Crippen LogP contribution in [0.3, 0.4) is 0 Å². The summed E-state index contributed by atoms with van der Waals surface area (Å²) < 4.78 is 0. The SMILES string of the molecule is CNCCc1c(C)nc(Cc2nc(C)cs2)nc1C. The fraction of sp³-hybridized carbons (Fsp3) is 0.500. The van der Waals surface area contributed by atoms with Crippen LogP contribution in [0.15, 0.2) is 5.38 Å². The molecule has 0 aliphatic heterocycles. The number of nitrogens with zero attached hydrogens (tertiary/aromatic N) is 3. The van der Waals surface area contributed by atoms with Gasteiger partial charge in [-0.25, -0.2) is 15.0 Å². The van der Waals surface area contributed by atoms with Crippen molar-refractivity contribution in [2.75, 3.05) is 13.6 Å². The molecule has 2 rings (SSSR count). The molecule has 0 unspecified atom stereocenters. The summed E-state index contributed by atoms with van der Waals surface area (Å²) in [5, 5.41) is 6.31. The van der Waals surface area contributed by atoms with E-state index in [1.54, 1.807) is 11.3 Å². The van der Waals surface area contributed by atoms with E-state index in [-0.39, 0.29) is 0 Å². The van der Waals surface area contributed by atoms with Gasteiger partial charge in [-0.1, -0.05) is 0 Å². The van der Waals surface area contributed by atoms with Gasteiger partial charge in [0.1, 0.15) is 10.8 Å². The number of thiazole rings is 1. The monoisotopic (exact) mass is 276 g/mol. The van der Waals surface area contributed by atoms with Gasteiger partial charge in [0.15, 0.2) is 0 Å². The van der Waals surface area contributed by atoms with Crippen LogP contribution in [0.25, 0.3) is 0 Å². The van der Waals surface area contributed by atoms with Crippen LogP contribution < -0.4 is 5.32 Å². The topological polar surface area (TPSA) is 50.7 Å². The van der Waals surface area contributed by atoms with Crippen molar-refractivity contribution >= 4 is 11.3 Å². The van der Waals surface area contributed by atoms with E-state index in [0.717, 1.165) is 47.3 Å². The predicted molar refractivity (Wildman–Crippen MR) is 78.8 cm³/mol. The number of aryl methyl sites for hydroxylation is 3. The molecule has 0 aliphatic carbocycles. The Hall–Kier alpha value is -1.33. The van der Waals surface area contributed by atoms with Crippen molar-refractivity contribution in [2.24, 2.45) is 0 Å². The highest BCUT2D eigenvalue weighted by Gasteiger charge is 2.10. The zero-order valence-electron chi connectivity index (χ0n) is 11.9. The first-order valence-corrected chi connectivity index (χ1v) is 7.36. The Morgan fingerprint density at radius 3 is 2.32 bits per heavy atom. The highest BCUT2D eigenvalue weighted by Crippen LogP contribution is 2.15. The quantitative estimate of drug-likeness (QED) is 0.909. The minimum absolute atomic E-state index is 0.729. The Morgan fingerprint density at radius 1 is 1.11 bits per heavy atom. The molecule has 1 N–H and O–H groups in total. The van der Waals surface area contributed by atoms with Crippen LogP contribution >= 0.6 is 11.3 Å². The van der Waals surface area contributed by atoms with E-state index >= 15 is 0 Å². The molecule has 2 aromatic heterocycles. The largest absolute Gasteiger partial charge is 0.319 e. The van der Waals surface area contributed by atoms with Gasteiger partial charge in [-0.05, 0) is 46.3 Å². The number of hydrogen-bond acceptors (Lipinski definition) is 5. The van der Waals surface area contributed by atoms with Crippen molar-refractivity contribution < 1.29 is 0 Å². The highest BCUT2D eigenvalue weighted by molar-refractivity contribution is 7.09. The summed E-state index contributed by atoms with van der Waals surface area (Å²) >= 11 is 1.67. The standard InChI is InChI=1S/C14H20N4S/c1-9-8-19-14(16-9)7-13-17-10(2)12(5-6-15-4)11(3)18-13/h8,15H,5-7H2,1-4H3. The summed E-state index contributed by atoms with van der Waals surface area (Å²) in [5.41, 5.74) is 4.50. The molecule has 0 bridgehead atoms. The Balaban J connectivity index is 2.19. The smallest absolute Gasteiger partial charge is 0.135 e. The second kappa shape index (κ2) is 6.21. The van der Waals surface area contributed by atoms with E-state index < -0.39 is 0 Å². The van der Waals surface area contributed by atoms with E-state index in [1.165, 1.54) is 5.56 Å². The molecule has 0 saturated carbocycles. The zero-order chi connectivity index (χ0) is 13.8. The maximum Gasteiger partial charge on any atom is 0.135 e. The maximum absolute atomic E-state index is 4.62. The third-order valence-corrected chi connectivity index (χ3v) is 4.03. The minimum Gasteiger partial charge on any atom is -0.319 e. The van der Waals surface area contributed by atoms with E-state index in [1.807, 2.05) is 14.0 Å². The predicted octanol–water partition coefficient (Wildman–Crippen LogP) is 2.21. The lowest BCUT2D eigenvalue weighted by Gasteiger charge is -2.10. The first kappa shape index (κ1) is 14.1. The molecule has 102 valence electrons. The second-order valence-electron chi connectivity index (χ2n) is 4.70. The van der Waals surface area contributed by atoms with Crippen LogP contribution in [0.4, 0.5) is 0 Å². The van der Waals surface area contributed by atoms with Crippen molar-refractivity contribution in [3.63, 3.8) is 0 Å². The van der Waals surface area contributed by atoms with Crippen molar-refractivity contribution in [2.45, 2.75) is 33.6 Å². The molecular weight excluding hydrogens is 256 g/mol. The van der Waals surface area contributed by atoms with Gasteiger partial charge in [0.05, 0.1) is 6.42 Å². The van der Waals surface area contributed by atoms with Crippen LogP contribution in [0.1, 0.15) is 33.5 Å². The molecule has 4 nitrogen and oxygen atoms in total. The van der Waals surface area contributed by atoms with Crippen LogP contribution in [-0.2, 0) is 12.8 Å². The molecule has 0 spiro atoms. The Bertz CT molecular complexity index is 539. The van der Waals surface area contributed by atoms with Gasteiger partial charge < -0.3 is 5.32 Å². The Morgan fingerprint density at radius 2 is 1.79 bits per heavy atom. The number of likely N-dealkylation sites (N-methyl/N-ethyl adjacent to an activating group) is 1. The van der Waals surface area contributed by atoms with Crippen molar-refractivity contribution in [3.8, 4) is 0 Å². The molecule has 0 atom stereocenters. The van der Waals surface area contributed by atoms with E-state index in [4.69, 9.17) is 0 Å². The van der Waals surface area contributed by atoms with Gasteiger partial charge in [-0.3, -0.25) is 0 Å². The average molecular weight is 276 g/mol. The zero-order valence-corrected chi connectivity index (χ0v) is 12.8. The Kier molecular flexibility index (Phi) is 4.61. The third kappa shape index (κ3) is 3.58. The molecule has 0 saturated heterocycles. The molecule has 0 aliphatic rings. The molecule has 19 heavy (non-hydrogen) atoms. The van der Waals surface area contributed by atoms with Gasteiger partial charge in [0.25, 0.3) is 0 Å². The first-order valence-electron chi connectivity index (χ1n) is 6.48. The summed E-state index contributed by atoms with van der Waals surface area (Å²) in [6.07, 6.45) is 1.71. The molecule has 0 radical (unpaired) electrons. The summed E-state index contributed by atoms with van der Waals surface area (Å²) in [6, 6.07) is 0. The van der Waals surface area contributed by atoms with Gasteiger partial charge in [0.2, 0.25) is 0 Å². The van der Waals surface area contributed by atoms with E-state index in [9.17, 15) is 0 Å². The van der Waals surface area contributed by atoms with Crippen LogP contribution in [-0.4, -0.2) is 28.5 Å². The van der Waals surface area contributed by atoms with Crippen LogP contribution in [0, 0.1) is 20.8 Å². The molecule has 0 fully saturated rings. The summed E-state index contributed by atoms with van der Waals surface area (Å²) in [6.45, 7) is 7.10. The molecule has 2 heterocycles. The van der Waals surface area contributed by atoms with Crippen LogP contribution in [0.5, 0.6) is 0 Å². The molecule has 0 amide bonds. The summed E-state index contributed by atoms with van der Waals surface area (Å²) in [5.74, 6) is 0.873. The van der Waals surface area contributed by atoms with Gasteiger partial charge >= 0.3 is 0 Å². The lowest BCUT2D eigenvalue weighted by atomic mass is 10.1. The fourth-order valence-electron chi connectivity index (χ4n) is 2.12. The Labute approximate surface area is 118 Å². The molecular formula is C14H20N4S. The normalized spacial score (nSPS) is 10.9. The highest BCUT2D eigenvalue weighted by atomic mass is 32.1. The number of aromatic nitrogens is 3. The maximum atomic E-state index is 4.62. The van der Waals surface area contributed by atoms with Crippen molar-refractivity contribution in [1.82, 2.24) is 20.3 Å². The van der Waals surface area contributed by atoms with Gasteiger partial charge in [-0.2, -0.15) is 0 Å². The summed E-state index contributed by atoms with van der Waals surface area (Å²) in [4.78, 5) is 13.7. The number of hydrogen-bond donors (Lipinski definition) is 1. The van der Waals surface area contributed by atoms with Crippen molar-refractivity contribution in [3.05, 3.63) is 38.9 Å². The first-order chi connectivity index (χ1) is 9.10. The second-order valence-corrected chi connectivity index (χ2v) is 5.64. The lowest BCUT2D eigenvalue weighted by Crippen LogP contribution is -2.14. The van der Waals surface area contributed by atoms with Crippen LogP contribution in [0.2, 0.25) is 0 Å². The lowest BCUT2D eigenvalue weighted by molar-refractivity contribution is 0.766. The van der Waals surface area contributed by atoms with E-state index in [0.29, 0.717) is 0 Å². The van der Waals surface area contributed by atoms with E-state index in [2.05, 4.69) is 39.5 Å². The number of nitrogens with one attached hydrogen (secondary N) is 1. The molecule has 5 heteroatoms. The fourth-order valence-corrected chi connectivity index (χ4v) is 2.89. The van der Waals surface area contributed by atoms with Gasteiger partial charge in [0, 0.05) is 22.5 Å². The third-order valence-electron chi connectivity index (χ3n) is 3.07. The average Bonchev–Trinajstić information content (AvgIpc) is 2.74. The molecule has 2 aromatic rings. The number of rotatable bonds is 5. The van der Waals surface area contributed by atoms with Gasteiger partial charge in [-0.15, -0.1) is 11.3 Å². The summed E-state index contributed by atoms with van der Waals surface area (Å²) in [7, 11) is 1.96. The van der Waals surface area contributed by atoms with Crippen molar-refractivity contribution in [1.29, 1.82) is 0 Å². The molecule has 0 aromatic carbocycles. The minimum atomic E-state index is 0.729.